The molecule has 1 unspecified atom stereocenters. The monoisotopic (exact) mass is 266 g/mol. The maximum absolute atomic E-state index is 11.8. The zero-order valence-corrected chi connectivity index (χ0v) is 11.2. The Labute approximate surface area is 111 Å². The summed E-state index contributed by atoms with van der Waals surface area (Å²) < 4.78 is 5.36. The van der Waals surface area contributed by atoms with Gasteiger partial charge in [-0.2, -0.15) is 0 Å². The first-order chi connectivity index (χ1) is 8.92. The highest BCUT2D eigenvalue weighted by Crippen LogP contribution is 2.54. The number of hydrogen-bond acceptors (Lipinski definition) is 4. The minimum Gasteiger partial charge on any atom is -0.478 e. The molecule has 0 saturated heterocycles. The molecule has 2 rings (SSSR count). The molecule has 1 fully saturated rings. The van der Waals surface area contributed by atoms with E-state index in [9.17, 15) is 19.5 Å². The molecule has 5 nitrogen and oxygen atoms in total. The number of fused-ring (bicyclic) bond motifs is 1. The number of carboxylic acid groups (broad SMARTS) is 1. The Morgan fingerprint density at radius 3 is 2.63 bits per heavy atom. The molecule has 0 aromatic heterocycles. The van der Waals surface area contributed by atoms with E-state index in [4.69, 9.17) is 4.74 Å². The van der Waals surface area contributed by atoms with Crippen molar-refractivity contribution >= 4 is 17.7 Å². The summed E-state index contributed by atoms with van der Waals surface area (Å²) in [7, 11) is 0. The summed E-state index contributed by atoms with van der Waals surface area (Å²) in [4.78, 5) is 34.3. The van der Waals surface area contributed by atoms with E-state index in [0.29, 0.717) is 31.3 Å². The number of carboxylic acids is 1. The number of aliphatic carboxylic acids is 1. The van der Waals surface area contributed by atoms with Crippen molar-refractivity contribution in [1.29, 1.82) is 0 Å². The Bertz CT molecular complexity index is 476. The third-order valence-electron chi connectivity index (χ3n) is 4.41. The van der Waals surface area contributed by atoms with Gasteiger partial charge < -0.3 is 9.84 Å². The molecule has 0 aliphatic heterocycles. The number of ketones is 1. The Balaban J connectivity index is 2.49. The van der Waals surface area contributed by atoms with Crippen molar-refractivity contribution in [3.8, 4) is 0 Å². The molecule has 0 spiro atoms. The molecule has 1 N–H and O–H groups in total. The fourth-order valence-corrected chi connectivity index (χ4v) is 3.55. The topological polar surface area (TPSA) is 80.7 Å². The summed E-state index contributed by atoms with van der Waals surface area (Å²) in [5.74, 6) is -1.80. The Morgan fingerprint density at radius 1 is 1.42 bits per heavy atom. The lowest BCUT2D eigenvalue weighted by atomic mass is 9.68. The number of carbonyl (C=O) groups is 3. The van der Waals surface area contributed by atoms with E-state index in [1.54, 1.807) is 0 Å². The first-order valence-electron chi connectivity index (χ1n) is 6.59. The number of carbonyl (C=O) groups excluding carboxylic acids is 2. The quantitative estimate of drug-likeness (QED) is 0.623. The molecule has 5 heteroatoms. The van der Waals surface area contributed by atoms with Crippen LogP contribution in [0.4, 0.5) is 0 Å². The third kappa shape index (κ3) is 2.07. The van der Waals surface area contributed by atoms with Crippen molar-refractivity contribution in [3.63, 3.8) is 0 Å². The Hall–Kier alpha value is -1.65. The summed E-state index contributed by atoms with van der Waals surface area (Å²) in [6.45, 7) is 3.31. The predicted octanol–water partition coefficient (Wildman–Crippen LogP) is 1.85. The maximum Gasteiger partial charge on any atom is 0.339 e. The van der Waals surface area contributed by atoms with E-state index in [2.05, 4.69) is 0 Å². The van der Waals surface area contributed by atoms with Gasteiger partial charge in [-0.1, -0.05) is 6.92 Å². The molecule has 0 aromatic carbocycles. The van der Waals surface area contributed by atoms with Crippen LogP contribution in [0.2, 0.25) is 0 Å². The standard InChI is InChI=1S/C14H18O5/c1-3-14-7-6-10(16)12(13(17)18)9(14)4-5-11(14)19-8(2)15/h11H,3-7H2,1-2H3,(H,17,18)/t11-,14?/m0/s1. The molecule has 104 valence electrons. The van der Waals surface area contributed by atoms with Gasteiger partial charge in [-0.25, -0.2) is 4.79 Å². The zero-order valence-electron chi connectivity index (χ0n) is 11.2. The normalized spacial score (nSPS) is 30.2. The molecule has 19 heavy (non-hydrogen) atoms. The Kier molecular flexibility index (Phi) is 3.47. The van der Waals surface area contributed by atoms with Crippen molar-refractivity contribution in [3.05, 3.63) is 11.1 Å². The Morgan fingerprint density at radius 2 is 2.11 bits per heavy atom. The highest BCUT2D eigenvalue weighted by molar-refractivity contribution is 6.18. The number of rotatable bonds is 3. The van der Waals surface area contributed by atoms with Gasteiger partial charge in [0.2, 0.25) is 0 Å². The van der Waals surface area contributed by atoms with E-state index < -0.39 is 11.4 Å². The van der Waals surface area contributed by atoms with Crippen molar-refractivity contribution in [2.75, 3.05) is 0 Å². The van der Waals surface area contributed by atoms with Crippen LogP contribution in [-0.4, -0.2) is 28.9 Å². The second-order valence-electron chi connectivity index (χ2n) is 5.23. The average Bonchev–Trinajstić information content (AvgIpc) is 2.67. The second-order valence-corrected chi connectivity index (χ2v) is 5.23. The van der Waals surface area contributed by atoms with Crippen LogP contribution in [0.1, 0.15) is 46.0 Å². The summed E-state index contributed by atoms with van der Waals surface area (Å²) in [6, 6.07) is 0. The maximum atomic E-state index is 11.8. The van der Waals surface area contributed by atoms with Crippen LogP contribution in [-0.2, 0) is 19.1 Å². The molecule has 0 aromatic rings. The average molecular weight is 266 g/mol. The van der Waals surface area contributed by atoms with Crippen LogP contribution in [0, 0.1) is 5.41 Å². The lowest BCUT2D eigenvalue weighted by Gasteiger charge is -2.38. The summed E-state index contributed by atoms with van der Waals surface area (Å²) in [5.41, 5.74) is 0.167. The van der Waals surface area contributed by atoms with Gasteiger partial charge in [0.1, 0.15) is 11.7 Å². The van der Waals surface area contributed by atoms with Crippen LogP contribution >= 0.6 is 0 Å². The van der Waals surface area contributed by atoms with Gasteiger partial charge in [0.25, 0.3) is 0 Å². The van der Waals surface area contributed by atoms with Crippen molar-refractivity contribution in [1.82, 2.24) is 0 Å². The van der Waals surface area contributed by atoms with Gasteiger partial charge >= 0.3 is 11.9 Å². The first kappa shape index (κ1) is 13.8. The lowest BCUT2D eigenvalue weighted by Crippen LogP contribution is -2.39. The molecule has 2 aliphatic rings. The predicted molar refractivity (Wildman–Crippen MR) is 66.4 cm³/mol. The molecule has 1 saturated carbocycles. The van der Waals surface area contributed by atoms with Crippen LogP contribution in [0.25, 0.3) is 0 Å². The van der Waals surface area contributed by atoms with Crippen LogP contribution in [0.3, 0.4) is 0 Å². The number of Topliss-reactive ketones (excluding diaryl/α,β-unsaturated/α-hetero) is 1. The lowest BCUT2D eigenvalue weighted by molar-refractivity contribution is -0.151. The molecule has 0 heterocycles. The van der Waals surface area contributed by atoms with Crippen molar-refractivity contribution < 1.29 is 24.2 Å². The first-order valence-corrected chi connectivity index (χ1v) is 6.59. The van der Waals surface area contributed by atoms with Gasteiger partial charge in [-0.3, -0.25) is 9.59 Å². The molecule has 0 amide bonds. The SMILES string of the molecule is CCC12CCC(=O)C(C(=O)O)=C1CC[C@@H]2OC(C)=O. The summed E-state index contributed by atoms with van der Waals surface area (Å²) in [5, 5.41) is 9.25. The minimum absolute atomic E-state index is 0.0669. The number of esters is 1. The minimum atomic E-state index is -1.15. The molecule has 0 radical (unpaired) electrons. The third-order valence-corrected chi connectivity index (χ3v) is 4.41. The fourth-order valence-electron chi connectivity index (χ4n) is 3.55. The van der Waals surface area contributed by atoms with E-state index in [0.717, 1.165) is 0 Å². The summed E-state index contributed by atoms with van der Waals surface area (Å²) >= 11 is 0. The molecule has 2 aliphatic carbocycles. The highest BCUT2D eigenvalue weighted by Gasteiger charge is 2.52. The van der Waals surface area contributed by atoms with Crippen LogP contribution < -0.4 is 0 Å². The second kappa shape index (κ2) is 4.79. The van der Waals surface area contributed by atoms with Gasteiger partial charge in [-0.15, -0.1) is 0 Å². The summed E-state index contributed by atoms with van der Waals surface area (Å²) in [6.07, 6.45) is 2.31. The molecule has 0 bridgehead atoms. The molecular formula is C14H18O5. The van der Waals surface area contributed by atoms with E-state index >= 15 is 0 Å². The van der Waals surface area contributed by atoms with Crippen molar-refractivity contribution in [2.45, 2.75) is 52.1 Å². The smallest absolute Gasteiger partial charge is 0.339 e. The van der Waals surface area contributed by atoms with E-state index in [1.807, 2.05) is 6.92 Å². The van der Waals surface area contributed by atoms with Crippen LogP contribution in [0.15, 0.2) is 11.1 Å². The van der Waals surface area contributed by atoms with Gasteiger partial charge in [-0.05, 0) is 31.3 Å². The van der Waals surface area contributed by atoms with Crippen LogP contribution in [0.5, 0.6) is 0 Å². The zero-order chi connectivity index (χ0) is 14.2. The molecule has 2 atom stereocenters. The molecular weight excluding hydrogens is 248 g/mol. The highest BCUT2D eigenvalue weighted by atomic mass is 16.5. The van der Waals surface area contributed by atoms with Gasteiger partial charge in [0, 0.05) is 18.8 Å². The van der Waals surface area contributed by atoms with Gasteiger partial charge in [0.05, 0.1) is 0 Å². The largest absolute Gasteiger partial charge is 0.478 e. The number of hydrogen-bond donors (Lipinski definition) is 1. The number of ether oxygens (including phenoxy) is 1. The van der Waals surface area contributed by atoms with E-state index in [-0.39, 0.29) is 29.9 Å². The van der Waals surface area contributed by atoms with Gasteiger partial charge in [0.15, 0.2) is 5.78 Å². The van der Waals surface area contributed by atoms with Crippen molar-refractivity contribution in [2.24, 2.45) is 5.41 Å². The fraction of sp³-hybridized carbons (Fsp3) is 0.643. The van der Waals surface area contributed by atoms with E-state index in [1.165, 1.54) is 6.92 Å².